The molecule has 0 spiro atoms. The standard InChI is InChI=1S/C12H15BrN4O/c1-18-8-12-11(6-14)15-16-17(12)7-9-4-2-3-5-10(9)13/h2-5H,6-8,14H2,1H3. The van der Waals surface area contributed by atoms with E-state index in [0.717, 1.165) is 21.4 Å². The van der Waals surface area contributed by atoms with Crippen molar-refractivity contribution in [1.82, 2.24) is 15.0 Å². The minimum atomic E-state index is 0.370. The van der Waals surface area contributed by atoms with Gasteiger partial charge in [0.15, 0.2) is 0 Å². The molecule has 96 valence electrons. The minimum Gasteiger partial charge on any atom is -0.378 e. The van der Waals surface area contributed by atoms with Crippen LogP contribution in [0.15, 0.2) is 28.7 Å². The summed E-state index contributed by atoms with van der Waals surface area (Å²) in [6.45, 7) is 1.48. The quantitative estimate of drug-likeness (QED) is 0.912. The zero-order valence-corrected chi connectivity index (χ0v) is 11.7. The fourth-order valence-corrected chi connectivity index (χ4v) is 2.15. The molecular weight excluding hydrogens is 296 g/mol. The minimum absolute atomic E-state index is 0.370. The lowest BCUT2D eigenvalue weighted by Gasteiger charge is -2.08. The summed E-state index contributed by atoms with van der Waals surface area (Å²) in [6.07, 6.45) is 0. The maximum atomic E-state index is 5.64. The Morgan fingerprint density at radius 2 is 2.17 bits per heavy atom. The van der Waals surface area contributed by atoms with Crippen molar-refractivity contribution in [3.63, 3.8) is 0 Å². The molecule has 1 aromatic carbocycles. The van der Waals surface area contributed by atoms with Gasteiger partial charge < -0.3 is 10.5 Å². The van der Waals surface area contributed by atoms with Gasteiger partial charge in [-0.05, 0) is 11.6 Å². The predicted octanol–water partition coefficient (Wildman–Crippen LogP) is 1.69. The number of nitrogens with two attached hydrogens (primary N) is 1. The van der Waals surface area contributed by atoms with Crippen LogP contribution in [0, 0.1) is 0 Å². The van der Waals surface area contributed by atoms with Gasteiger partial charge in [-0.25, -0.2) is 4.68 Å². The second kappa shape index (κ2) is 6.08. The van der Waals surface area contributed by atoms with Gasteiger partial charge in [-0.3, -0.25) is 0 Å². The summed E-state index contributed by atoms with van der Waals surface area (Å²) >= 11 is 3.52. The van der Waals surface area contributed by atoms with Gasteiger partial charge >= 0.3 is 0 Å². The Kier molecular flexibility index (Phi) is 4.46. The average molecular weight is 311 g/mol. The Morgan fingerprint density at radius 1 is 1.39 bits per heavy atom. The molecule has 0 radical (unpaired) electrons. The van der Waals surface area contributed by atoms with Crippen molar-refractivity contribution in [3.8, 4) is 0 Å². The zero-order chi connectivity index (χ0) is 13.0. The number of ether oxygens (including phenoxy) is 1. The summed E-state index contributed by atoms with van der Waals surface area (Å²) in [5, 5.41) is 8.20. The molecular formula is C12H15BrN4O. The van der Waals surface area contributed by atoms with Crippen molar-refractivity contribution >= 4 is 15.9 Å². The normalized spacial score (nSPS) is 10.8. The molecule has 1 aromatic heterocycles. The van der Waals surface area contributed by atoms with Crippen molar-refractivity contribution in [2.24, 2.45) is 5.73 Å². The number of rotatable bonds is 5. The molecule has 0 amide bonds. The third-order valence-electron chi connectivity index (χ3n) is 2.67. The average Bonchev–Trinajstić information content (AvgIpc) is 2.75. The maximum Gasteiger partial charge on any atom is 0.102 e. The third-order valence-corrected chi connectivity index (χ3v) is 3.44. The van der Waals surface area contributed by atoms with Crippen LogP contribution >= 0.6 is 15.9 Å². The van der Waals surface area contributed by atoms with Crippen LogP contribution in [0.2, 0.25) is 0 Å². The lowest BCUT2D eigenvalue weighted by Crippen LogP contribution is -2.10. The topological polar surface area (TPSA) is 66.0 Å². The smallest absolute Gasteiger partial charge is 0.102 e. The first-order valence-electron chi connectivity index (χ1n) is 5.60. The second-order valence-corrected chi connectivity index (χ2v) is 4.72. The Bertz CT molecular complexity index is 527. The molecule has 2 rings (SSSR count). The number of benzene rings is 1. The Hall–Kier alpha value is -1.24. The summed E-state index contributed by atoms with van der Waals surface area (Å²) in [5.41, 5.74) is 8.49. The van der Waals surface area contributed by atoms with Crippen molar-refractivity contribution in [2.45, 2.75) is 19.7 Å². The number of hydrogen-bond donors (Lipinski definition) is 1. The van der Waals surface area contributed by atoms with E-state index in [1.165, 1.54) is 0 Å². The van der Waals surface area contributed by atoms with Crippen LogP contribution in [0.3, 0.4) is 0 Å². The lowest BCUT2D eigenvalue weighted by atomic mass is 10.2. The summed E-state index contributed by atoms with van der Waals surface area (Å²) in [6, 6.07) is 8.03. The van der Waals surface area contributed by atoms with Gasteiger partial charge in [-0.1, -0.05) is 39.3 Å². The van der Waals surface area contributed by atoms with Gasteiger partial charge in [0.05, 0.1) is 18.8 Å². The molecule has 1 heterocycles. The Labute approximate surface area is 114 Å². The molecule has 2 N–H and O–H groups in total. The van der Waals surface area contributed by atoms with Gasteiger partial charge in [0.2, 0.25) is 0 Å². The molecule has 0 saturated carbocycles. The van der Waals surface area contributed by atoms with Gasteiger partial charge in [0.25, 0.3) is 0 Å². The van der Waals surface area contributed by atoms with E-state index >= 15 is 0 Å². The highest BCUT2D eigenvalue weighted by atomic mass is 79.9. The monoisotopic (exact) mass is 310 g/mol. The fourth-order valence-electron chi connectivity index (χ4n) is 1.74. The van der Waals surface area contributed by atoms with Crippen LogP contribution < -0.4 is 5.73 Å². The molecule has 0 aliphatic heterocycles. The number of hydrogen-bond acceptors (Lipinski definition) is 4. The summed E-state index contributed by atoms with van der Waals surface area (Å²) in [5.74, 6) is 0. The van der Waals surface area contributed by atoms with Crippen LogP contribution in [-0.4, -0.2) is 22.1 Å². The van der Waals surface area contributed by atoms with Gasteiger partial charge in [-0.15, -0.1) is 5.10 Å². The SMILES string of the molecule is COCc1c(CN)nnn1Cc1ccccc1Br. The van der Waals surface area contributed by atoms with Gasteiger partial charge in [0, 0.05) is 18.1 Å². The summed E-state index contributed by atoms with van der Waals surface area (Å²) in [4.78, 5) is 0. The molecule has 0 unspecified atom stereocenters. The van der Waals surface area contributed by atoms with Crippen LogP contribution in [0.1, 0.15) is 17.0 Å². The molecule has 2 aromatic rings. The van der Waals surface area contributed by atoms with Crippen LogP contribution in [-0.2, 0) is 24.4 Å². The molecule has 5 nitrogen and oxygen atoms in total. The van der Waals surface area contributed by atoms with E-state index in [1.54, 1.807) is 7.11 Å². The number of methoxy groups -OCH3 is 1. The molecule has 6 heteroatoms. The molecule has 0 saturated heterocycles. The van der Waals surface area contributed by atoms with Crippen molar-refractivity contribution in [1.29, 1.82) is 0 Å². The van der Waals surface area contributed by atoms with E-state index in [9.17, 15) is 0 Å². The fraction of sp³-hybridized carbons (Fsp3) is 0.333. The highest BCUT2D eigenvalue weighted by molar-refractivity contribution is 9.10. The molecule has 18 heavy (non-hydrogen) atoms. The second-order valence-electron chi connectivity index (χ2n) is 3.87. The van der Waals surface area contributed by atoms with Crippen LogP contribution in [0.4, 0.5) is 0 Å². The molecule has 0 fully saturated rings. The first-order chi connectivity index (χ1) is 8.76. The highest BCUT2D eigenvalue weighted by Crippen LogP contribution is 2.18. The molecule has 0 aliphatic rings. The molecule has 0 bridgehead atoms. The Morgan fingerprint density at radius 3 is 2.83 bits per heavy atom. The highest BCUT2D eigenvalue weighted by Gasteiger charge is 2.12. The number of halogens is 1. The van der Waals surface area contributed by atoms with Gasteiger partial charge in [-0.2, -0.15) is 0 Å². The van der Waals surface area contributed by atoms with E-state index in [2.05, 4.69) is 26.2 Å². The van der Waals surface area contributed by atoms with E-state index in [0.29, 0.717) is 19.7 Å². The van der Waals surface area contributed by atoms with Crippen LogP contribution in [0.25, 0.3) is 0 Å². The van der Waals surface area contributed by atoms with E-state index in [4.69, 9.17) is 10.5 Å². The van der Waals surface area contributed by atoms with E-state index < -0.39 is 0 Å². The Balaban J connectivity index is 2.29. The molecule has 0 atom stereocenters. The zero-order valence-electron chi connectivity index (χ0n) is 10.1. The maximum absolute atomic E-state index is 5.64. The summed E-state index contributed by atoms with van der Waals surface area (Å²) < 4.78 is 8.05. The first-order valence-corrected chi connectivity index (χ1v) is 6.39. The van der Waals surface area contributed by atoms with Gasteiger partial charge in [0.1, 0.15) is 5.69 Å². The summed E-state index contributed by atoms with van der Waals surface area (Å²) in [7, 11) is 1.65. The van der Waals surface area contributed by atoms with E-state index in [-0.39, 0.29) is 0 Å². The first kappa shape index (κ1) is 13.2. The van der Waals surface area contributed by atoms with Crippen molar-refractivity contribution in [2.75, 3.05) is 7.11 Å². The van der Waals surface area contributed by atoms with Crippen LogP contribution in [0.5, 0.6) is 0 Å². The van der Waals surface area contributed by atoms with E-state index in [1.807, 2.05) is 28.9 Å². The largest absolute Gasteiger partial charge is 0.378 e. The van der Waals surface area contributed by atoms with Crippen molar-refractivity contribution < 1.29 is 4.74 Å². The number of aromatic nitrogens is 3. The van der Waals surface area contributed by atoms with Crippen molar-refractivity contribution in [3.05, 3.63) is 45.7 Å². The molecule has 0 aliphatic carbocycles. The lowest BCUT2D eigenvalue weighted by molar-refractivity contribution is 0.176. The number of nitrogens with zero attached hydrogens (tertiary/aromatic N) is 3. The third kappa shape index (κ3) is 2.77. The predicted molar refractivity (Wildman–Crippen MR) is 71.9 cm³/mol.